The highest BCUT2D eigenvalue weighted by atomic mass is 19.1. The van der Waals surface area contributed by atoms with Gasteiger partial charge in [-0.05, 0) is 25.1 Å². The first-order chi connectivity index (χ1) is 8.99. The number of carbonyl (C=O) groups is 2. The minimum Gasteiger partial charge on any atom is -0.478 e. The Kier molecular flexibility index (Phi) is 5.25. The number of aromatic carboxylic acids is 1. The maximum absolute atomic E-state index is 13.1. The van der Waals surface area contributed by atoms with Crippen LogP contribution in [-0.2, 0) is 0 Å². The van der Waals surface area contributed by atoms with E-state index in [0.29, 0.717) is 6.54 Å². The summed E-state index contributed by atoms with van der Waals surface area (Å²) in [5.41, 5.74) is -0.316. The highest BCUT2D eigenvalue weighted by Gasteiger charge is 2.16. The lowest BCUT2D eigenvalue weighted by molar-refractivity contribution is 0.0698. The van der Waals surface area contributed by atoms with E-state index < -0.39 is 17.8 Å². The third-order valence-corrected chi connectivity index (χ3v) is 2.49. The number of aliphatic hydroxyl groups is 1. The topological polar surface area (TPSA) is 89.9 Å². The van der Waals surface area contributed by atoms with E-state index >= 15 is 0 Å². The van der Waals surface area contributed by atoms with E-state index in [1.165, 1.54) is 4.90 Å². The average Bonchev–Trinajstić information content (AvgIpc) is 2.35. The number of halogens is 1. The zero-order chi connectivity index (χ0) is 14.4. The molecule has 0 saturated heterocycles. The van der Waals surface area contributed by atoms with Gasteiger partial charge in [0, 0.05) is 13.1 Å². The van der Waals surface area contributed by atoms with Crippen molar-refractivity contribution >= 4 is 17.7 Å². The molecule has 0 fully saturated rings. The fourth-order valence-corrected chi connectivity index (χ4v) is 1.52. The van der Waals surface area contributed by atoms with Gasteiger partial charge in [-0.2, -0.15) is 0 Å². The lowest BCUT2D eigenvalue weighted by Crippen LogP contribution is -2.37. The Labute approximate surface area is 109 Å². The molecule has 2 amide bonds. The van der Waals surface area contributed by atoms with Crippen molar-refractivity contribution in [3.63, 3.8) is 0 Å². The van der Waals surface area contributed by atoms with Gasteiger partial charge in [-0.1, -0.05) is 0 Å². The Hall–Kier alpha value is -2.15. The number of nitrogens with zero attached hydrogens (tertiary/aromatic N) is 1. The SMILES string of the molecule is CCN(CCO)C(=O)Nc1cc(F)ccc1C(=O)O. The molecule has 19 heavy (non-hydrogen) atoms. The second-order valence-corrected chi connectivity index (χ2v) is 3.73. The van der Waals surface area contributed by atoms with Gasteiger partial charge in [0.25, 0.3) is 0 Å². The third kappa shape index (κ3) is 3.92. The summed E-state index contributed by atoms with van der Waals surface area (Å²) in [6.07, 6.45) is 0. The van der Waals surface area contributed by atoms with Gasteiger partial charge >= 0.3 is 12.0 Å². The summed E-state index contributed by atoms with van der Waals surface area (Å²) >= 11 is 0. The van der Waals surface area contributed by atoms with Crippen molar-refractivity contribution in [3.8, 4) is 0 Å². The zero-order valence-corrected chi connectivity index (χ0v) is 10.4. The van der Waals surface area contributed by atoms with Gasteiger partial charge in [-0.25, -0.2) is 14.0 Å². The molecule has 104 valence electrons. The molecule has 6 nitrogen and oxygen atoms in total. The Morgan fingerprint density at radius 2 is 2.11 bits per heavy atom. The van der Waals surface area contributed by atoms with Crippen LogP contribution in [0.4, 0.5) is 14.9 Å². The highest BCUT2D eigenvalue weighted by molar-refractivity contribution is 6.00. The van der Waals surface area contributed by atoms with Crippen molar-refractivity contribution in [2.24, 2.45) is 0 Å². The molecule has 0 heterocycles. The lowest BCUT2D eigenvalue weighted by atomic mass is 10.2. The van der Waals surface area contributed by atoms with Crippen LogP contribution in [0.25, 0.3) is 0 Å². The Balaban J connectivity index is 2.94. The van der Waals surface area contributed by atoms with Gasteiger partial charge in [0.05, 0.1) is 17.9 Å². The molecule has 0 bridgehead atoms. The largest absolute Gasteiger partial charge is 0.478 e. The number of urea groups is 1. The number of aliphatic hydroxyl groups excluding tert-OH is 1. The molecular formula is C12H15FN2O4. The minimum absolute atomic E-state index is 0.111. The van der Waals surface area contributed by atoms with Crippen LogP contribution in [0.15, 0.2) is 18.2 Å². The number of carboxylic acids is 1. The molecule has 0 spiro atoms. The number of carbonyl (C=O) groups excluding carboxylic acids is 1. The van der Waals surface area contributed by atoms with Crippen molar-refractivity contribution in [2.75, 3.05) is 25.0 Å². The molecule has 0 saturated carbocycles. The fourth-order valence-electron chi connectivity index (χ4n) is 1.52. The second-order valence-electron chi connectivity index (χ2n) is 3.73. The van der Waals surface area contributed by atoms with Crippen LogP contribution in [-0.4, -0.2) is 46.8 Å². The van der Waals surface area contributed by atoms with E-state index in [-0.39, 0.29) is 24.4 Å². The summed E-state index contributed by atoms with van der Waals surface area (Å²) in [7, 11) is 0. The Morgan fingerprint density at radius 1 is 1.42 bits per heavy atom. The van der Waals surface area contributed by atoms with Crippen molar-refractivity contribution in [2.45, 2.75) is 6.92 Å². The number of hydrogen-bond donors (Lipinski definition) is 3. The zero-order valence-electron chi connectivity index (χ0n) is 10.4. The van der Waals surface area contributed by atoms with Crippen LogP contribution >= 0.6 is 0 Å². The Bertz CT molecular complexity index is 479. The smallest absolute Gasteiger partial charge is 0.337 e. The maximum Gasteiger partial charge on any atom is 0.337 e. The summed E-state index contributed by atoms with van der Waals surface area (Å²) < 4.78 is 13.1. The minimum atomic E-state index is -1.26. The van der Waals surface area contributed by atoms with Gasteiger partial charge in [-0.3, -0.25) is 0 Å². The summed E-state index contributed by atoms with van der Waals surface area (Å²) in [5, 5.41) is 20.1. The molecule has 0 aliphatic carbocycles. The van der Waals surface area contributed by atoms with Crippen LogP contribution in [0, 0.1) is 5.82 Å². The highest BCUT2D eigenvalue weighted by Crippen LogP contribution is 2.17. The van der Waals surface area contributed by atoms with E-state index in [9.17, 15) is 14.0 Å². The first-order valence-corrected chi connectivity index (χ1v) is 5.69. The van der Waals surface area contributed by atoms with Crippen molar-refractivity contribution in [3.05, 3.63) is 29.6 Å². The number of nitrogens with one attached hydrogen (secondary N) is 1. The predicted molar refractivity (Wildman–Crippen MR) is 66.7 cm³/mol. The van der Waals surface area contributed by atoms with Gasteiger partial charge in [0.2, 0.25) is 0 Å². The predicted octanol–water partition coefficient (Wildman–Crippen LogP) is 1.37. The number of rotatable bonds is 5. The van der Waals surface area contributed by atoms with Crippen LogP contribution < -0.4 is 5.32 Å². The normalized spacial score (nSPS) is 10.1. The molecular weight excluding hydrogens is 255 g/mol. The molecule has 0 unspecified atom stereocenters. The molecule has 1 rings (SSSR count). The van der Waals surface area contributed by atoms with Gasteiger partial charge < -0.3 is 20.4 Å². The van der Waals surface area contributed by atoms with Crippen LogP contribution in [0.1, 0.15) is 17.3 Å². The number of anilines is 1. The second kappa shape index (κ2) is 6.69. The van der Waals surface area contributed by atoms with E-state index in [4.69, 9.17) is 10.2 Å². The van der Waals surface area contributed by atoms with Crippen LogP contribution in [0.2, 0.25) is 0 Å². The monoisotopic (exact) mass is 270 g/mol. The van der Waals surface area contributed by atoms with E-state index in [0.717, 1.165) is 18.2 Å². The van der Waals surface area contributed by atoms with Crippen LogP contribution in [0.5, 0.6) is 0 Å². The maximum atomic E-state index is 13.1. The standard InChI is InChI=1S/C12H15FN2O4/c1-2-15(5-6-16)12(19)14-10-7-8(13)3-4-9(10)11(17)18/h3-4,7,16H,2,5-6H2,1H3,(H,14,19)(H,17,18). The van der Waals surface area contributed by atoms with Crippen molar-refractivity contribution in [1.82, 2.24) is 4.90 Å². The number of amides is 2. The Morgan fingerprint density at radius 3 is 2.63 bits per heavy atom. The van der Waals surface area contributed by atoms with Crippen LogP contribution in [0.3, 0.4) is 0 Å². The summed E-state index contributed by atoms with van der Waals surface area (Å²) in [6.45, 7) is 1.94. The van der Waals surface area contributed by atoms with Gasteiger partial charge in [-0.15, -0.1) is 0 Å². The molecule has 7 heteroatoms. The summed E-state index contributed by atoms with van der Waals surface area (Å²) in [4.78, 5) is 24.0. The average molecular weight is 270 g/mol. The molecule has 0 aliphatic heterocycles. The molecule has 1 aromatic carbocycles. The van der Waals surface area contributed by atoms with Gasteiger partial charge in [0.15, 0.2) is 0 Å². The molecule has 1 aromatic rings. The number of likely N-dealkylation sites (N-methyl/N-ethyl adjacent to an activating group) is 1. The van der Waals surface area contributed by atoms with Gasteiger partial charge in [0.1, 0.15) is 5.82 Å². The quantitative estimate of drug-likeness (QED) is 0.753. The molecule has 0 aliphatic rings. The molecule has 0 radical (unpaired) electrons. The molecule has 3 N–H and O–H groups in total. The molecule has 0 aromatic heterocycles. The van der Waals surface area contributed by atoms with Crippen molar-refractivity contribution in [1.29, 1.82) is 0 Å². The van der Waals surface area contributed by atoms with E-state index in [1.54, 1.807) is 6.92 Å². The summed E-state index contributed by atoms with van der Waals surface area (Å²) in [5.74, 6) is -1.91. The fraction of sp³-hybridized carbons (Fsp3) is 0.333. The lowest BCUT2D eigenvalue weighted by Gasteiger charge is -2.20. The first-order valence-electron chi connectivity index (χ1n) is 5.69. The molecule has 0 atom stereocenters. The first kappa shape index (κ1) is 14.9. The third-order valence-electron chi connectivity index (χ3n) is 2.49. The van der Waals surface area contributed by atoms with Crippen molar-refractivity contribution < 1.29 is 24.2 Å². The number of benzene rings is 1. The van der Waals surface area contributed by atoms with E-state index in [1.807, 2.05) is 0 Å². The van der Waals surface area contributed by atoms with E-state index in [2.05, 4.69) is 5.32 Å². The number of hydrogen-bond acceptors (Lipinski definition) is 3. The number of carboxylic acid groups (broad SMARTS) is 1. The summed E-state index contributed by atoms with van der Waals surface area (Å²) in [6, 6.07) is 2.43.